The Bertz CT molecular complexity index is 1300. The molecule has 182 valence electrons. The zero-order valence-corrected chi connectivity index (χ0v) is 20.8. The van der Waals surface area contributed by atoms with E-state index in [0.717, 1.165) is 17.1 Å². The van der Waals surface area contributed by atoms with Gasteiger partial charge in [-0.25, -0.2) is 13.4 Å². The number of nitrogens with zero attached hydrogens (tertiary/aromatic N) is 5. The van der Waals surface area contributed by atoms with Crippen molar-refractivity contribution < 1.29 is 18.3 Å². The molecule has 3 heterocycles. The summed E-state index contributed by atoms with van der Waals surface area (Å²) in [7, 11) is -3.22. The fourth-order valence-corrected chi connectivity index (χ4v) is 5.23. The summed E-state index contributed by atoms with van der Waals surface area (Å²) < 4.78 is 27.7. The monoisotopic (exact) mass is 485 g/mol. The number of hydrogen-bond acceptors (Lipinski definition) is 7. The van der Waals surface area contributed by atoms with E-state index in [4.69, 9.17) is 0 Å². The van der Waals surface area contributed by atoms with E-state index in [9.17, 15) is 18.3 Å². The van der Waals surface area contributed by atoms with E-state index in [1.54, 1.807) is 49.6 Å². The standard InChI is InChI=1S/C24H31N5O4S/c1-5-34(32,33)28-12-10-27(11-13-28)23-16-20(25-22-14-17(2)26-29(22)23)15-21(30)18-6-8-19(9-7-18)24(3,4)31/h6-9,14,16,31H,5,10-13,15H2,1-4H3. The van der Waals surface area contributed by atoms with Crippen LogP contribution >= 0.6 is 0 Å². The number of rotatable bonds is 7. The van der Waals surface area contributed by atoms with Gasteiger partial charge in [-0.1, -0.05) is 24.3 Å². The number of aromatic nitrogens is 3. The summed E-state index contributed by atoms with van der Waals surface area (Å²) in [6.45, 7) is 8.82. The summed E-state index contributed by atoms with van der Waals surface area (Å²) in [5.74, 6) is 0.820. The predicted molar refractivity (Wildman–Crippen MR) is 131 cm³/mol. The summed E-state index contributed by atoms with van der Waals surface area (Å²) in [5, 5.41) is 14.7. The van der Waals surface area contributed by atoms with E-state index < -0.39 is 15.6 Å². The first-order valence-corrected chi connectivity index (χ1v) is 13.0. The molecule has 0 aliphatic carbocycles. The van der Waals surface area contributed by atoms with Crippen LogP contribution in [0.3, 0.4) is 0 Å². The Balaban J connectivity index is 1.58. The summed E-state index contributed by atoms with van der Waals surface area (Å²) in [6, 6.07) is 10.7. The number of anilines is 1. The summed E-state index contributed by atoms with van der Waals surface area (Å²) >= 11 is 0. The molecule has 0 radical (unpaired) electrons. The lowest BCUT2D eigenvalue weighted by atomic mass is 9.96. The quantitative estimate of drug-likeness (QED) is 0.511. The molecule has 2 aromatic heterocycles. The van der Waals surface area contributed by atoms with E-state index in [1.165, 1.54) is 4.31 Å². The molecule has 1 aliphatic heterocycles. The van der Waals surface area contributed by atoms with Gasteiger partial charge in [-0.05, 0) is 33.3 Å². The van der Waals surface area contributed by atoms with E-state index in [0.29, 0.717) is 43.1 Å². The van der Waals surface area contributed by atoms with E-state index in [2.05, 4.69) is 15.0 Å². The third-order valence-corrected chi connectivity index (χ3v) is 8.04. The second-order valence-electron chi connectivity index (χ2n) is 9.18. The summed E-state index contributed by atoms with van der Waals surface area (Å²) in [5.41, 5.74) is 2.42. The van der Waals surface area contributed by atoms with Crippen molar-refractivity contribution in [3.63, 3.8) is 0 Å². The maximum atomic E-state index is 13.0. The number of carbonyl (C=O) groups is 1. The molecule has 0 bridgehead atoms. The molecule has 0 spiro atoms. The summed E-state index contributed by atoms with van der Waals surface area (Å²) in [6.07, 6.45) is 0.125. The second kappa shape index (κ2) is 9.09. The van der Waals surface area contributed by atoms with Crippen LogP contribution in [0.15, 0.2) is 36.4 Å². The number of fused-ring (bicyclic) bond motifs is 1. The number of aryl methyl sites for hydroxylation is 1. The minimum absolute atomic E-state index is 0.0693. The number of aliphatic hydroxyl groups is 1. The average molecular weight is 486 g/mol. The Morgan fingerprint density at radius 3 is 2.32 bits per heavy atom. The fraction of sp³-hybridized carbons (Fsp3) is 0.458. The highest BCUT2D eigenvalue weighted by atomic mass is 32.2. The van der Waals surface area contributed by atoms with Gasteiger partial charge in [0.15, 0.2) is 11.4 Å². The first-order valence-electron chi connectivity index (χ1n) is 11.4. The van der Waals surface area contributed by atoms with Crippen molar-refractivity contribution >= 4 is 27.3 Å². The van der Waals surface area contributed by atoms with Gasteiger partial charge in [-0.15, -0.1) is 0 Å². The Kier molecular flexibility index (Phi) is 6.50. The van der Waals surface area contributed by atoms with Crippen LogP contribution in [0.5, 0.6) is 0 Å². The molecule has 1 N–H and O–H groups in total. The lowest BCUT2D eigenvalue weighted by molar-refractivity contribution is 0.0784. The van der Waals surface area contributed by atoms with E-state index >= 15 is 0 Å². The fourth-order valence-electron chi connectivity index (χ4n) is 4.15. The van der Waals surface area contributed by atoms with Crippen LogP contribution in [0.25, 0.3) is 5.65 Å². The number of carbonyl (C=O) groups excluding carboxylic acids is 1. The van der Waals surface area contributed by atoms with Gasteiger partial charge in [0.2, 0.25) is 10.0 Å². The van der Waals surface area contributed by atoms with Gasteiger partial charge in [0.1, 0.15) is 5.82 Å². The van der Waals surface area contributed by atoms with Gasteiger partial charge < -0.3 is 10.0 Å². The zero-order valence-electron chi connectivity index (χ0n) is 20.0. The van der Waals surface area contributed by atoms with Gasteiger partial charge in [0, 0.05) is 43.9 Å². The average Bonchev–Trinajstić information content (AvgIpc) is 3.18. The molecule has 1 fully saturated rings. The molecule has 0 atom stereocenters. The Morgan fingerprint density at radius 1 is 1.09 bits per heavy atom. The van der Waals surface area contributed by atoms with E-state index in [-0.39, 0.29) is 18.0 Å². The number of benzene rings is 1. The molecule has 34 heavy (non-hydrogen) atoms. The topological polar surface area (TPSA) is 108 Å². The van der Waals surface area contributed by atoms with E-state index in [1.807, 2.05) is 19.1 Å². The molecule has 10 heteroatoms. The molecule has 4 rings (SSSR count). The second-order valence-corrected chi connectivity index (χ2v) is 11.4. The number of ketones is 1. The third kappa shape index (κ3) is 4.98. The zero-order chi connectivity index (χ0) is 24.7. The van der Waals surface area contributed by atoms with Gasteiger partial charge in [0.05, 0.1) is 29.2 Å². The Labute approximate surface area is 200 Å². The lowest BCUT2D eigenvalue weighted by Crippen LogP contribution is -2.49. The molecular weight excluding hydrogens is 454 g/mol. The molecule has 0 unspecified atom stereocenters. The van der Waals surface area contributed by atoms with Crippen LogP contribution < -0.4 is 4.90 Å². The smallest absolute Gasteiger partial charge is 0.213 e. The highest BCUT2D eigenvalue weighted by Crippen LogP contribution is 2.23. The van der Waals surface area contributed by atoms with Gasteiger partial charge >= 0.3 is 0 Å². The number of Topliss-reactive ketones (excluding diaryl/α,β-unsaturated/α-hetero) is 1. The number of piperazine rings is 1. The van der Waals surface area contributed by atoms with Crippen molar-refractivity contribution in [1.82, 2.24) is 18.9 Å². The van der Waals surface area contributed by atoms with Crippen molar-refractivity contribution in [2.75, 3.05) is 36.8 Å². The Hall–Kier alpha value is -2.82. The largest absolute Gasteiger partial charge is 0.386 e. The summed E-state index contributed by atoms with van der Waals surface area (Å²) in [4.78, 5) is 19.7. The van der Waals surface area contributed by atoms with Crippen molar-refractivity contribution in [1.29, 1.82) is 0 Å². The molecular formula is C24H31N5O4S. The van der Waals surface area contributed by atoms with Crippen LogP contribution in [0.2, 0.25) is 0 Å². The number of hydrogen-bond donors (Lipinski definition) is 1. The maximum absolute atomic E-state index is 13.0. The lowest BCUT2D eigenvalue weighted by Gasteiger charge is -2.35. The third-order valence-electron chi connectivity index (χ3n) is 6.16. The van der Waals surface area contributed by atoms with Crippen LogP contribution in [0.1, 0.15) is 48.1 Å². The SMILES string of the molecule is CCS(=O)(=O)N1CCN(c2cc(CC(=O)c3ccc(C(C)(C)O)cc3)nc3cc(C)nn23)CC1. The van der Waals surface area contributed by atoms with Gasteiger partial charge in [0.25, 0.3) is 0 Å². The van der Waals surface area contributed by atoms with Crippen molar-refractivity contribution in [3.05, 3.63) is 58.9 Å². The van der Waals surface area contributed by atoms with Gasteiger partial charge in [-0.2, -0.15) is 13.9 Å². The van der Waals surface area contributed by atoms with Crippen molar-refractivity contribution in [2.45, 2.75) is 39.7 Å². The molecule has 0 saturated carbocycles. The molecule has 0 amide bonds. The van der Waals surface area contributed by atoms with Crippen LogP contribution in [0, 0.1) is 6.92 Å². The van der Waals surface area contributed by atoms with Crippen molar-refractivity contribution in [2.24, 2.45) is 0 Å². The minimum atomic E-state index is -3.22. The molecule has 1 aliphatic rings. The van der Waals surface area contributed by atoms with Crippen LogP contribution in [-0.2, 0) is 22.0 Å². The highest BCUT2D eigenvalue weighted by molar-refractivity contribution is 7.89. The molecule has 9 nitrogen and oxygen atoms in total. The molecule has 3 aromatic rings. The predicted octanol–water partition coefficient (Wildman–Crippen LogP) is 2.16. The Morgan fingerprint density at radius 2 is 1.74 bits per heavy atom. The molecule has 1 aromatic carbocycles. The van der Waals surface area contributed by atoms with Crippen molar-refractivity contribution in [3.8, 4) is 0 Å². The first-order chi connectivity index (χ1) is 16.0. The minimum Gasteiger partial charge on any atom is -0.386 e. The normalized spacial score (nSPS) is 15.7. The number of sulfonamides is 1. The van der Waals surface area contributed by atoms with Gasteiger partial charge in [-0.3, -0.25) is 4.79 Å². The van der Waals surface area contributed by atoms with Crippen LogP contribution in [-0.4, -0.2) is 70.1 Å². The maximum Gasteiger partial charge on any atom is 0.213 e. The highest BCUT2D eigenvalue weighted by Gasteiger charge is 2.27. The van der Waals surface area contributed by atoms with Crippen LogP contribution in [0.4, 0.5) is 5.82 Å². The first kappa shape index (κ1) is 24.3. The molecule has 1 saturated heterocycles.